The summed E-state index contributed by atoms with van der Waals surface area (Å²) < 4.78 is 0. The molecule has 0 unspecified atom stereocenters. The maximum absolute atomic E-state index is 12.2. The van der Waals surface area contributed by atoms with Gasteiger partial charge < -0.3 is 10.2 Å². The van der Waals surface area contributed by atoms with Crippen LogP contribution < -0.4 is 5.32 Å². The molecule has 2 aromatic rings. The number of pyridine rings is 1. The van der Waals surface area contributed by atoms with Crippen molar-refractivity contribution in [2.45, 2.75) is 18.3 Å². The third kappa shape index (κ3) is 2.60. The van der Waals surface area contributed by atoms with Crippen LogP contribution in [0.1, 0.15) is 28.8 Å². The second-order valence-corrected chi connectivity index (χ2v) is 7.90. The summed E-state index contributed by atoms with van der Waals surface area (Å²) in [6.45, 7) is 0.850. The van der Waals surface area contributed by atoms with Gasteiger partial charge in [-0.05, 0) is 30.5 Å². The number of anilines is 1. The summed E-state index contributed by atoms with van der Waals surface area (Å²) >= 11 is 13.2. The number of nitrogens with zero attached hydrogens (tertiary/aromatic N) is 2. The average Bonchev–Trinajstić information content (AvgIpc) is 3.23. The Balaban J connectivity index is 1.78. The fraction of sp³-hybridized carbons (Fsp3) is 0.300. The van der Waals surface area contributed by atoms with E-state index < -0.39 is 0 Å². The van der Waals surface area contributed by atoms with Gasteiger partial charge >= 0.3 is 0 Å². The van der Waals surface area contributed by atoms with E-state index in [-0.39, 0.29) is 11.3 Å². The van der Waals surface area contributed by atoms with Crippen molar-refractivity contribution in [3.05, 3.63) is 57.7 Å². The van der Waals surface area contributed by atoms with Crippen LogP contribution in [0, 0.1) is 0 Å². The van der Waals surface area contributed by atoms with Crippen LogP contribution in [0.4, 0.5) is 5.82 Å². The number of allylic oxidation sites excluding steroid dienone is 2. The number of nitrogens with one attached hydrogen (secondary N) is 1. The van der Waals surface area contributed by atoms with E-state index in [4.69, 9.17) is 23.2 Å². The Bertz CT molecular complexity index is 929. The molecule has 0 atom stereocenters. The highest BCUT2D eigenvalue weighted by atomic mass is 35.5. The first-order valence-corrected chi connectivity index (χ1v) is 9.28. The molecule has 1 aliphatic heterocycles. The Kier molecular flexibility index (Phi) is 4.20. The third-order valence-corrected chi connectivity index (χ3v) is 5.95. The largest absolute Gasteiger partial charge is 0.369 e. The molecule has 1 spiro atoms. The molecule has 4 nitrogen and oxygen atoms in total. The van der Waals surface area contributed by atoms with Gasteiger partial charge in [0, 0.05) is 43.4 Å². The van der Waals surface area contributed by atoms with Crippen LogP contribution in [0.3, 0.4) is 0 Å². The Morgan fingerprint density at radius 3 is 2.62 bits per heavy atom. The molecule has 1 aliphatic carbocycles. The molecule has 26 heavy (non-hydrogen) atoms. The van der Waals surface area contributed by atoms with Crippen molar-refractivity contribution in [2.75, 3.05) is 26.0 Å². The van der Waals surface area contributed by atoms with Crippen molar-refractivity contribution in [3.63, 3.8) is 0 Å². The molecule has 0 fully saturated rings. The Labute approximate surface area is 162 Å². The maximum atomic E-state index is 12.2. The molecule has 2 heterocycles. The highest BCUT2D eigenvalue weighted by Gasteiger charge is 2.42. The molecular formula is C20H19Cl2N3O. The zero-order valence-corrected chi connectivity index (χ0v) is 16.2. The van der Waals surface area contributed by atoms with E-state index >= 15 is 0 Å². The number of aromatic nitrogens is 1. The summed E-state index contributed by atoms with van der Waals surface area (Å²) in [4.78, 5) is 18.3. The van der Waals surface area contributed by atoms with Gasteiger partial charge in [0.05, 0.1) is 15.6 Å². The number of fused-ring (bicyclic) bond motifs is 2. The van der Waals surface area contributed by atoms with Gasteiger partial charge in [-0.1, -0.05) is 41.4 Å². The zero-order valence-electron chi connectivity index (χ0n) is 14.6. The summed E-state index contributed by atoms with van der Waals surface area (Å²) in [5.41, 5.74) is 3.26. The van der Waals surface area contributed by atoms with Gasteiger partial charge in [0.25, 0.3) is 5.91 Å². The van der Waals surface area contributed by atoms with E-state index in [0.29, 0.717) is 15.6 Å². The first-order valence-electron chi connectivity index (χ1n) is 8.52. The van der Waals surface area contributed by atoms with Crippen molar-refractivity contribution < 1.29 is 4.79 Å². The number of halogens is 2. The van der Waals surface area contributed by atoms with Crippen molar-refractivity contribution in [3.8, 4) is 11.1 Å². The Morgan fingerprint density at radius 2 is 1.96 bits per heavy atom. The Morgan fingerprint density at radius 1 is 1.23 bits per heavy atom. The average molecular weight is 388 g/mol. The fourth-order valence-corrected chi connectivity index (χ4v) is 4.51. The predicted molar refractivity (Wildman–Crippen MR) is 106 cm³/mol. The Hall–Kier alpha value is -2.04. The number of amides is 1. The van der Waals surface area contributed by atoms with Crippen LogP contribution in [0.15, 0.2) is 36.5 Å². The lowest BCUT2D eigenvalue weighted by molar-refractivity contribution is 0.0828. The smallest absolute Gasteiger partial charge is 0.254 e. The van der Waals surface area contributed by atoms with E-state index in [1.165, 1.54) is 4.90 Å². The summed E-state index contributed by atoms with van der Waals surface area (Å²) in [5, 5.41) is 4.51. The highest BCUT2D eigenvalue weighted by Crippen LogP contribution is 2.50. The van der Waals surface area contributed by atoms with Gasteiger partial charge in [0.15, 0.2) is 0 Å². The summed E-state index contributed by atoms with van der Waals surface area (Å²) in [5.74, 6) is 0.743. The minimum Gasteiger partial charge on any atom is -0.369 e. The highest BCUT2D eigenvalue weighted by molar-refractivity contribution is 6.36. The van der Waals surface area contributed by atoms with Crippen LogP contribution in [0.2, 0.25) is 10.0 Å². The fourth-order valence-electron chi connectivity index (χ4n) is 3.80. The van der Waals surface area contributed by atoms with E-state index in [9.17, 15) is 4.79 Å². The molecule has 0 radical (unpaired) electrons. The first kappa shape index (κ1) is 17.4. The van der Waals surface area contributed by atoms with Crippen LogP contribution in [0.5, 0.6) is 0 Å². The normalized spacial score (nSPS) is 16.6. The molecule has 1 aromatic heterocycles. The topological polar surface area (TPSA) is 45.2 Å². The zero-order chi connectivity index (χ0) is 18.5. The quantitative estimate of drug-likeness (QED) is 0.754. The van der Waals surface area contributed by atoms with Crippen LogP contribution in [0.25, 0.3) is 11.1 Å². The predicted octanol–water partition coefficient (Wildman–Crippen LogP) is 4.77. The lowest BCUT2D eigenvalue weighted by atomic mass is 9.80. The SMILES string of the molecule is CN(C)C(=O)c1ccc(-c2cnc3c(c2Cl)C2(CC=CC2)CN3)cc1Cl. The second kappa shape index (κ2) is 6.29. The van der Waals surface area contributed by atoms with Crippen molar-refractivity contribution in [1.82, 2.24) is 9.88 Å². The van der Waals surface area contributed by atoms with Gasteiger partial charge in [-0.2, -0.15) is 0 Å². The molecule has 6 heteroatoms. The summed E-state index contributed by atoms with van der Waals surface area (Å²) in [6, 6.07) is 5.41. The molecule has 0 saturated carbocycles. The van der Waals surface area contributed by atoms with Gasteiger partial charge in [-0.25, -0.2) is 4.98 Å². The minimum atomic E-state index is -0.125. The van der Waals surface area contributed by atoms with E-state index in [0.717, 1.165) is 41.9 Å². The van der Waals surface area contributed by atoms with Crippen molar-refractivity contribution in [2.24, 2.45) is 0 Å². The van der Waals surface area contributed by atoms with Crippen molar-refractivity contribution in [1.29, 1.82) is 0 Å². The van der Waals surface area contributed by atoms with Gasteiger partial charge in [-0.3, -0.25) is 4.79 Å². The number of rotatable bonds is 2. The van der Waals surface area contributed by atoms with Gasteiger partial charge in [0.2, 0.25) is 0 Å². The number of hydrogen-bond acceptors (Lipinski definition) is 3. The lowest BCUT2D eigenvalue weighted by Gasteiger charge is -2.24. The maximum Gasteiger partial charge on any atom is 0.254 e. The lowest BCUT2D eigenvalue weighted by Crippen LogP contribution is -2.25. The van der Waals surface area contributed by atoms with E-state index in [1.54, 1.807) is 32.4 Å². The molecule has 134 valence electrons. The summed E-state index contributed by atoms with van der Waals surface area (Å²) in [7, 11) is 3.41. The van der Waals surface area contributed by atoms with Crippen LogP contribution in [-0.2, 0) is 5.41 Å². The monoisotopic (exact) mass is 387 g/mol. The number of carbonyl (C=O) groups is 1. The molecule has 1 aromatic carbocycles. The number of benzene rings is 1. The second-order valence-electron chi connectivity index (χ2n) is 7.12. The standard InChI is InChI=1S/C20H19Cl2N3O/c1-25(2)19(26)13-6-5-12(9-15(13)21)14-10-23-18-16(17(14)22)20(11-24-18)7-3-4-8-20/h3-6,9-10H,7-8,11H2,1-2H3,(H,23,24). The summed E-state index contributed by atoms with van der Waals surface area (Å²) in [6.07, 6.45) is 8.12. The van der Waals surface area contributed by atoms with Gasteiger partial charge in [-0.15, -0.1) is 0 Å². The molecule has 0 bridgehead atoms. The third-order valence-electron chi connectivity index (χ3n) is 5.24. The number of carbonyl (C=O) groups excluding carboxylic acids is 1. The van der Waals surface area contributed by atoms with Crippen LogP contribution in [-0.4, -0.2) is 36.4 Å². The molecular weight excluding hydrogens is 369 g/mol. The van der Waals surface area contributed by atoms with Gasteiger partial charge in [0.1, 0.15) is 5.82 Å². The molecule has 1 N–H and O–H groups in total. The van der Waals surface area contributed by atoms with Crippen LogP contribution >= 0.6 is 23.2 Å². The van der Waals surface area contributed by atoms with Crippen molar-refractivity contribution >= 4 is 34.9 Å². The molecule has 2 aliphatic rings. The molecule has 0 saturated heterocycles. The van der Waals surface area contributed by atoms with E-state index in [1.807, 2.05) is 6.07 Å². The number of hydrogen-bond donors (Lipinski definition) is 1. The van der Waals surface area contributed by atoms with E-state index in [2.05, 4.69) is 22.5 Å². The molecule has 4 rings (SSSR count). The molecule has 1 amide bonds. The first-order chi connectivity index (χ1) is 12.4. The minimum absolute atomic E-state index is 0.0000502.